The molecule has 0 bridgehead atoms. The third-order valence-electron chi connectivity index (χ3n) is 6.98. The molecule has 3 aromatic rings. The van der Waals surface area contributed by atoms with Crippen LogP contribution in [0.3, 0.4) is 0 Å². The molecule has 2 atom stereocenters. The van der Waals surface area contributed by atoms with E-state index < -0.39 is 35.8 Å². The highest BCUT2D eigenvalue weighted by Gasteiger charge is 2.28. The number of nitrogens with zero attached hydrogens (tertiary/aromatic N) is 1. The quantitative estimate of drug-likeness (QED) is 0.177. The van der Waals surface area contributed by atoms with Crippen LogP contribution in [0.4, 0.5) is 13.6 Å². The predicted octanol–water partition coefficient (Wildman–Crippen LogP) is 4.41. The molecular weight excluding hydrogens is 580 g/mol. The SMILES string of the molecule is CCCN(CCC)C(=O)c1cccc(C(=O)NC(Cc2cc(F)cc(F)c2)C(CNCc2ccccc2)OC(=O)NCCN)c1. The van der Waals surface area contributed by atoms with Gasteiger partial charge in [-0.3, -0.25) is 9.59 Å². The average Bonchev–Trinajstić information content (AvgIpc) is 3.02. The third kappa shape index (κ3) is 11.6. The summed E-state index contributed by atoms with van der Waals surface area (Å²) in [6.45, 7) is 6.08. The number of amides is 3. The molecule has 242 valence electrons. The molecule has 0 aliphatic carbocycles. The standard InChI is InChI=1S/C34H43F2N5O4/c1-3-15-41(16-4-2)33(43)27-12-8-11-26(20-27)32(42)40-30(19-25-17-28(35)21-29(36)18-25)31(45-34(44)39-14-13-37)23-38-22-24-9-6-5-7-10-24/h5-12,17-18,20-21,30-31,38H,3-4,13-16,19,22-23,37H2,1-2H3,(H,39,44)(H,40,42). The molecule has 0 aliphatic rings. The number of benzene rings is 3. The first-order valence-corrected chi connectivity index (χ1v) is 15.3. The van der Waals surface area contributed by atoms with E-state index in [0.717, 1.165) is 24.5 Å². The summed E-state index contributed by atoms with van der Waals surface area (Å²) >= 11 is 0. The molecule has 0 fully saturated rings. The lowest BCUT2D eigenvalue weighted by molar-refractivity contribution is 0.0648. The molecule has 3 amide bonds. The molecule has 9 nitrogen and oxygen atoms in total. The predicted molar refractivity (Wildman–Crippen MR) is 170 cm³/mol. The van der Waals surface area contributed by atoms with Gasteiger partial charge in [-0.1, -0.05) is 50.2 Å². The molecule has 0 radical (unpaired) electrons. The Balaban J connectivity index is 1.90. The van der Waals surface area contributed by atoms with Crippen molar-refractivity contribution in [2.24, 2.45) is 5.73 Å². The first-order chi connectivity index (χ1) is 21.7. The zero-order valence-corrected chi connectivity index (χ0v) is 25.9. The molecular formula is C34H43F2N5O4. The summed E-state index contributed by atoms with van der Waals surface area (Å²) in [6, 6.07) is 18.1. The molecule has 3 rings (SSSR count). The lowest BCUT2D eigenvalue weighted by Gasteiger charge is -2.29. The molecule has 0 heterocycles. The third-order valence-corrected chi connectivity index (χ3v) is 6.98. The number of rotatable bonds is 17. The lowest BCUT2D eigenvalue weighted by atomic mass is 9.99. The van der Waals surface area contributed by atoms with Gasteiger partial charge in [0, 0.05) is 56.5 Å². The minimum Gasteiger partial charge on any atom is -0.443 e. The Kier molecular flexibility index (Phi) is 14.4. The number of ether oxygens (including phenoxy) is 1. The van der Waals surface area contributed by atoms with Crippen LogP contribution in [0.25, 0.3) is 0 Å². The van der Waals surface area contributed by atoms with E-state index in [1.807, 2.05) is 44.2 Å². The number of hydrogen-bond donors (Lipinski definition) is 4. The minimum atomic E-state index is -0.962. The van der Waals surface area contributed by atoms with Gasteiger partial charge < -0.3 is 31.3 Å². The molecule has 11 heteroatoms. The van der Waals surface area contributed by atoms with Crippen molar-refractivity contribution in [3.05, 3.63) is 107 Å². The van der Waals surface area contributed by atoms with E-state index in [-0.39, 0.29) is 43.1 Å². The van der Waals surface area contributed by atoms with Crippen LogP contribution < -0.4 is 21.7 Å². The topological polar surface area (TPSA) is 126 Å². The van der Waals surface area contributed by atoms with Crippen LogP contribution in [0.1, 0.15) is 58.5 Å². The molecule has 0 aliphatic heterocycles. The van der Waals surface area contributed by atoms with Crippen LogP contribution in [-0.2, 0) is 17.7 Å². The molecule has 0 saturated heterocycles. The average molecular weight is 624 g/mol. The number of alkyl carbamates (subject to hydrolysis) is 1. The van der Waals surface area contributed by atoms with Gasteiger partial charge in [0.25, 0.3) is 11.8 Å². The molecule has 3 aromatic carbocycles. The van der Waals surface area contributed by atoms with Gasteiger partial charge in [0.2, 0.25) is 0 Å². The van der Waals surface area contributed by atoms with E-state index in [9.17, 15) is 23.2 Å². The highest BCUT2D eigenvalue weighted by molar-refractivity contribution is 5.99. The van der Waals surface area contributed by atoms with E-state index in [4.69, 9.17) is 10.5 Å². The van der Waals surface area contributed by atoms with Gasteiger partial charge in [0.05, 0.1) is 6.04 Å². The lowest BCUT2D eigenvalue weighted by Crippen LogP contribution is -2.51. The Morgan fingerprint density at radius 1 is 0.867 bits per heavy atom. The number of nitrogens with two attached hydrogens (primary N) is 1. The zero-order valence-electron chi connectivity index (χ0n) is 25.9. The number of halogens is 2. The molecule has 2 unspecified atom stereocenters. The van der Waals surface area contributed by atoms with Crippen molar-refractivity contribution in [2.45, 2.75) is 51.8 Å². The smallest absolute Gasteiger partial charge is 0.407 e. The largest absolute Gasteiger partial charge is 0.443 e. The van der Waals surface area contributed by atoms with Crippen molar-refractivity contribution < 1.29 is 27.9 Å². The van der Waals surface area contributed by atoms with Crippen molar-refractivity contribution in [3.8, 4) is 0 Å². The van der Waals surface area contributed by atoms with E-state index in [1.165, 1.54) is 18.2 Å². The van der Waals surface area contributed by atoms with Crippen molar-refractivity contribution in [1.82, 2.24) is 20.9 Å². The zero-order chi connectivity index (χ0) is 32.6. The monoisotopic (exact) mass is 623 g/mol. The van der Waals surface area contributed by atoms with E-state index in [2.05, 4.69) is 16.0 Å². The first-order valence-electron chi connectivity index (χ1n) is 15.3. The maximum atomic E-state index is 14.2. The first kappa shape index (κ1) is 35.1. The molecule has 0 aromatic heterocycles. The van der Waals surface area contributed by atoms with Crippen LogP contribution in [0.2, 0.25) is 0 Å². The van der Waals surface area contributed by atoms with Crippen molar-refractivity contribution in [2.75, 3.05) is 32.7 Å². The molecule has 0 saturated carbocycles. The highest BCUT2D eigenvalue weighted by atomic mass is 19.1. The summed E-state index contributed by atoms with van der Waals surface area (Å²) in [7, 11) is 0. The van der Waals surface area contributed by atoms with Crippen LogP contribution in [0.15, 0.2) is 72.8 Å². The summed E-state index contributed by atoms with van der Waals surface area (Å²) in [5, 5.41) is 8.70. The number of carbonyl (C=O) groups excluding carboxylic acids is 3. The van der Waals surface area contributed by atoms with Gasteiger partial charge in [0.1, 0.15) is 17.7 Å². The van der Waals surface area contributed by atoms with Crippen LogP contribution >= 0.6 is 0 Å². The van der Waals surface area contributed by atoms with Gasteiger partial charge in [-0.25, -0.2) is 13.6 Å². The van der Waals surface area contributed by atoms with Gasteiger partial charge >= 0.3 is 6.09 Å². The number of hydrogen-bond acceptors (Lipinski definition) is 6. The van der Waals surface area contributed by atoms with Crippen LogP contribution in [-0.4, -0.2) is 67.7 Å². The fourth-order valence-electron chi connectivity index (χ4n) is 4.91. The molecule has 45 heavy (non-hydrogen) atoms. The summed E-state index contributed by atoms with van der Waals surface area (Å²) in [5.74, 6) is -2.26. The summed E-state index contributed by atoms with van der Waals surface area (Å²) < 4.78 is 34.1. The Morgan fingerprint density at radius 3 is 2.18 bits per heavy atom. The van der Waals surface area contributed by atoms with E-state index in [1.54, 1.807) is 23.1 Å². The second kappa shape index (κ2) is 18.5. The van der Waals surface area contributed by atoms with Gasteiger partial charge in [-0.15, -0.1) is 0 Å². The maximum Gasteiger partial charge on any atom is 0.407 e. The van der Waals surface area contributed by atoms with E-state index in [0.29, 0.717) is 25.2 Å². The van der Waals surface area contributed by atoms with Gasteiger partial charge in [-0.05, 0) is 60.7 Å². The summed E-state index contributed by atoms with van der Waals surface area (Å²) in [4.78, 5) is 41.3. The van der Waals surface area contributed by atoms with Crippen molar-refractivity contribution in [1.29, 1.82) is 0 Å². The molecule has 0 spiro atoms. The maximum absolute atomic E-state index is 14.2. The van der Waals surface area contributed by atoms with Gasteiger partial charge in [-0.2, -0.15) is 0 Å². The normalized spacial score (nSPS) is 12.2. The second-order valence-corrected chi connectivity index (χ2v) is 10.7. The molecule has 5 N–H and O–H groups in total. The number of nitrogens with one attached hydrogen (secondary N) is 3. The van der Waals surface area contributed by atoms with Crippen molar-refractivity contribution in [3.63, 3.8) is 0 Å². The summed E-state index contributed by atoms with van der Waals surface area (Å²) in [6.07, 6.45) is -0.172. The Bertz CT molecular complexity index is 1370. The van der Waals surface area contributed by atoms with Crippen LogP contribution in [0.5, 0.6) is 0 Å². The van der Waals surface area contributed by atoms with Crippen molar-refractivity contribution >= 4 is 17.9 Å². The summed E-state index contributed by atoms with van der Waals surface area (Å²) in [5.41, 5.74) is 7.35. The fourth-order valence-corrected chi connectivity index (χ4v) is 4.91. The second-order valence-electron chi connectivity index (χ2n) is 10.7. The minimum absolute atomic E-state index is 0.0539. The Labute approximate surface area is 263 Å². The van der Waals surface area contributed by atoms with Gasteiger partial charge in [0.15, 0.2) is 0 Å². The van der Waals surface area contributed by atoms with Crippen LogP contribution in [0, 0.1) is 11.6 Å². The highest BCUT2D eigenvalue weighted by Crippen LogP contribution is 2.16. The number of carbonyl (C=O) groups is 3. The Morgan fingerprint density at radius 2 is 1.53 bits per heavy atom. The van der Waals surface area contributed by atoms with E-state index >= 15 is 0 Å². The fraction of sp³-hybridized carbons (Fsp3) is 0.382. The Hall–Kier alpha value is -4.35.